The number of benzene rings is 1. The zero-order valence-electron chi connectivity index (χ0n) is 19.5. The molecule has 0 amide bonds. The van der Waals surface area contributed by atoms with Crippen molar-refractivity contribution in [2.45, 2.75) is 51.5 Å². The molecule has 1 aliphatic carbocycles. The van der Waals surface area contributed by atoms with E-state index in [9.17, 15) is 0 Å². The van der Waals surface area contributed by atoms with E-state index in [0.717, 1.165) is 65.8 Å². The average Bonchev–Trinajstić information content (AvgIpc) is 3.38. The maximum atomic E-state index is 6.45. The summed E-state index contributed by atoms with van der Waals surface area (Å²) in [4.78, 5) is 7.25. The van der Waals surface area contributed by atoms with Crippen molar-refractivity contribution in [3.05, 3.63) is 78.0 Å². The Morgan fingerprint density at radius 3 is 2.56 bits per heavy atom. The van der Waals surface area contributed by atoms with E-state index in [4.69, 9.17) is 15.5 Å². The van der Waals surface area contributed by atoms with Crippen LogP contribution in [-0.2, 0) is 4.74 Å². The van der Waals surface area contributed by atoms with Gasteiger partial charge in [0.1, 0.15) is 17.3 Å². The molecule has 1 spiro atoms. The Morgan fingerprint density at radius 1 is 1.25 bits per heavy atom. The Morgan fingerprint density at radius 2 is 1.97 bits per heavy atom. The molecule has 4 rings (SSSR count). The second kappa shape index (κ2) is 9.37. The predicted molar refractivity (Wildman–Crippen MR) is 133 cm³/mol. The van der Waals surface area contributed by atoms with Gasteiger partial charge in [-0.1, -0.05) is 56.0 Å². The van der Waals surface area contributed by atoms with Gasteiger partial charge in [-0.25, -0.2) is 4.99 Å². The molecule has 3 aliphatic rings. The number of allylic oxidation sites excluding steroid dienone is 4. The fourth-order valence-electron chi connectivity index (χ4n) is 5.46. The lowest BCUT2D eigenvalue weighted by atomic mass is 9.74. The van der Waals surface area contributed by atoms with E-state index < -0.39 is 0 Å². The molecule has 0 radical (unpaired) electrons. The van der Waals surface area contributed by atoms with E-state index in [2.05, 4.69) is 35.5 Å². The molecule has 1 aromatic rings. The van der Waals surface area contributed by atoms with Crippen LogP contribution in [0.4, 0.5) is 0 Å². The molecule has 3 N–H and O–H groups in total. The van der Waals surface area contributed by atoms with Crippen LogP contribution in [0.25, 0.3) is 5.57 Å². The number of aliphatic imine (C=N–C) groups is 1. The summed E-state index contributed by atoms with van der Waals surface area (Å²) < 4.78 is 5.56. The molecule has 1 saturated heterocycles. The highest BCUT2D eigenvalue weighted by molar-refractivity contribution is 5.96. The molecule has 2 fully saturated rings. The third-order valence-electron chi connectivity index (χ3n) is 7.54. The highest BCUT2D eigenvalue weighted by atomic mass is 16.5. The van der Waals surface area contributed by atoms with Gasteiger partial charge in [-0.2, -0.15) is 0 Å². The molecular formula is C27H36N4O. The third-order valence-corrected chi connectivity index (χ3v) is 7.54. The van der Waals surface area contributed by atoms with Crippen LogP contribution < -0.4 is 11.1 Å². The summed E-state index contributed by atoms with van der Waals surface area (Å²) in [6.07, 6.45) is 8.62. The number of methoxy groups -OCH3 is 1. The van der Waals surface area contributed by atoms with Crippen molar-refractivity contribution >= 4 is 11.4 Å². The van der Waals surface area contributed by atoms with Crippen molar-refractivity contribution in [1.82, 2.24) is 10.2 Å². The molecule has 5 heteroatoms. The van der Waals surface area contributed by atoms with E-state index in [0.29, 0.717) is 17.9 Å². The van der Waals surface area contributed by atoms with Gasteiger partial charge in [-0.05, 0) is 54.7 Å². The van der Waals surface area contributed by atoms with Crippen LogP contribution >= 0.6 is 0 Å². The molecule has 1 aromatic carbocycles. The number of hydrogen-bond acceptors (Lipinski definition) is 5. The van der Waals surface area contributed by atoms with Gasteiger partial charge in [0, 0.05) is 25.6 Å². The van der Waals surface area contributed by atoms with Crippen LogP contribution in [0, 0.1) is 5.41 Å². The van der Waals surface area contributed by atoms with Gasteiger partial charge in [0.2, 0.25) is 0 Å². The highest BCUT2D eigenvalue weighted by Gasteiger charge is 2.43. The maximum absolute atomic E-state index is 6.45. The molecular weight excluding hydrogens is 396 g/mol. The van der Waals surface area contributed by atoms with Crippen molar-refractivity contribution in [2.24, 2.45) is 16.1 Å². The molecule has 0 aromatic heterocycles. The van der Waals surface area contributed by atoms with Gasteiger partial charge in [0.15, 0.2) is 0 Å². The fraction of sp³-hybridized carbons (Fsp3) is 0.444. The summed E-state index contributed by atoms with van der Waals surface area (Å²) in [5, 5.41) is 3.50. The van der Waals surface area contributed by atoms with Crippen LogP contribution in [0.1, 0.15) is 51.0 Å². The number of nitrogens with one attached hydrogen (secondary N) is 1. The summed E-state index contributed by atoms with van der Waals surface area (Å²) in [5.41, 5.74) is 11.0. The second-order valence-corrected chi connectivity index (χ2v) is 9.23. The topological polar surface area (TPSA) is 62.9 Å². The van der Waals surface area contributed by atoms with Crippen molar-refractivity contribution < 1.29 is 4.74 Å². The van der Waals surface area contributed by atoms with Gasteiger partial charge in [-0.3, -0.25) is 0 Å². The van der Waals surface area contributed by atoms with E-state index >= 15 is 0 Å². The Balaban J connectivity index is 1.50. The number of rotatable bonds is 5. The molecule has 2 heterocycles. The van der Waals surface area contributed by atoms with Crippen LogP contribution in [0.15, 0.2) is 77.4 Å². The zero-order valence-corrected chi connectivity index (χ0v) is 19.5. The van der Waals surface area contributed by atoms with Crippen LogP contribution in [-0.4, -0.2) is 37.0 Å². The first-order valence-corrected chi connectivity index (χ1v) is 11.7. The van der Waals surface area contributed by atoms with Crippen LogP contribution in [0.3, 0.4) is 0 Å². The Kier molecular flexibility index (Phi) is 6.56. The van der Waals surface area contributed by atoms with Crippen LogP contribution in [0.5, 0.6) is 0 Å². The van der Waals surface area contributed by atoms with Crippen LogP contribution in [0.2, 0.25) is 0 Å². The van der Waals surface area contributed by atoms with E-state index in [1.54, 1.807) is 7.11 Å². The summed E-state index contributed by atoms with van der Waals surface area (Å²) in [5.74, 6) is 2.61. The Hall–Kier alpha value is -2.79. The standard InChI is InChI=1S/C27H36N4O/c1-5-22(21-10-7-6-8-11-21)23-18-25(30-26(23)19(2)32-4)29-20(3)31-16-14-27(15-17-31)13-9-12-24(27)28/h5-8,10-11,24H,1,3,9,12-18,28H2,2,4H3,(H,29,30)/b23-22+,26-19-/t24-/m0/s1. The lowest BCUT2D eigenvalue weighted by Crippen LogP contribution is -2.48. The van der Waals surface area contributed by atoms with Crippen molar-refractivity contribution in [1.29, 1.82) is 0 Å². The number of amidine groups is 1. The van der Waals surface area contributed by atoms with Gasteiger partial charge in [0.25, 0.3) is 0 Å². The highest BCUT2D eigenvalue weighted by Crippen LogP contribution is 2.45. The molecule has 0 unspecified atom stereocenters. The number of nitrogens with zero attached hydrogens (tertiary/aromatic N) is 2. The number of piperidine rings is 1. The summed E-state index contributed by atoms with van der Waals surface area (Å²) >= 11 is 0. The first kappa shape index (κ1) is 22.4. The fourth-order valence-corrected chi connectivity index (χ4v) is 5.46. The lowest BCUT2D eigenvalue weighted by Gasteiger charge is -2.43. The first-order chi connectivity index (χ1) is 15.5. The third kappa shape index (κ3) is 4.26. The average molecular weight is 433 g/mol. The van der Waals surface area contributed by atoms with Gasteiger partial charge < -0.3 is 20.7 Å². The number of nitrogens with two attached hydrogens (primary N) is 1. The smallest absolute Gasteiger partial charge is 0.118 e. The van der Waals surface area contributed by atoms with Gasteiger partial charge >= 0.3 is 0 Å². The molecule has 1 saturated carbocycles. The number of hydrogen-bond donors (Lipinski definition) is 2. The van der Waals surface area contributed by atoms with Gasteiger partial charge in [0.05, 0.1) is 12.9 Å². The van der Waals surface area contributed by atoms with Crippen molar-refractivity contribution in [2.75, 3.05) is 20.2 Å². The monoisotopic (exact) mass is 432 g/mol. The van der Waals surface area contributed by atoms with Crippen molar-refractivity contribution in [3.8, 4) is 0 Å². The Labute approximate surface area is 192 Å². The normalized spacial score (nSPS) is 25.4. The van der Waals surface area contributed by atoms with E-state index in [1.165, 1.54) is 19.3 Å². The predicted octanol–water partition coefficient (Wildman–Crippen LogP) is 4.96. The largest absolute Gasteiger partial charge is 0.499 e. The molecule has 5 nitrogen and oxygen atoms in total. The Bertz CT molecular complexity index is 965. The molecule has 2 aliphatic heterocycles. The summed E-state index contributed by atoms with van der Waals surface area (Å²) in [6, 6.07) is 10.7. The SMILES string of the molecule is C=C/C(=C1/CC(NC(=C)N2CCC3(CCC[C@@H]3N)CC2)=N/C1=C(/C)OC)c1ccccc1. The zero-order chi connectivity index (χ0) is 22.7. The lowest BCUT2D eigenvalue weighted by molar-refractivity contribution is 0.114. The summed E-state index contributed by atoms with van der Waals surface area (Å²) in [6.45, 7) is 12.4. The van der Waals surface area contributed by atoms with E-state index in [1.807, 2.05) is 31.2 Å². The molecule has 170 valence electrons. The van der Waals surface area contributed by atoms with Crippen molar-refractivity contribution in [3.63, 3.8) is 0 Å². The minimum absolute atomic E-state index is 0.345. The quantitative estimate of drug-likeness (QED) is 0.646. The molecule has 32 heavy (non-hydrogen) atoms. The first-order valence-electron chi connectivity index (χ1n) is 11.7. The minimum atomic E-state index is 0.345. The number of likely N-dealkylation sites (tertiary alicyclic amines) is 1. The molecule has 0 bridgehead atoms. The second-order valence-electron chi connectivity index (χ2n) is 9.23. The summed E-state index contributed by atoms with van der Waals surface area (Å²) in [7, 11) is 1.69. The number of ether oxygens (including phenoxy) is 1. The van der Waals surface area contributed by atoms with Gasteiger partial charge in [-0.15, -0.1) is 0 Å². The maximum Gasteiger partial charge on any atom is 0.118 e. The minimum Gasteiger partial charge on any atom is -0.499 e. The molecule has 1 atom stereocenters. The van der Waals surface area contributed by atoms with E-state index in [-0.39, 0.29) is 0 Å².